The Bertz CT molecular complexity index is 802. The quantitative estimate of drug-likeness (QED) is 0.743. The Labute approximate surface area is 136 Å². The molecule has 0 amide bonds. The third-order valence-electron chi connectivity index (χ3n) is 4.76. The molecule has 1 fully saturated rings. The van der Waals surface area contributed by atoms with Gasteiger partial charge in [0.15, 0.2) is 0 Å². The second kappa shape index (κ2) is 6.13. The zero-order valence-electron chi connectivity index (χ0n) is 13.5. The van der Waals surface area contributed by atoms with Crippen molar-refractivity contribution in [1.29, 1.82) is 0 Å². The van der Waals surface area contributed by atoms with Crippen molar-refractivity contribution in [3.63, 3.8) is 0 Å². The molecule has 0 N–H and O–H groups in total. The number of hydrogen-bond acceptors (Lipinski definition) is 3. The van der Waals surface area contributed by atoms with Gasteiger partial charge in [-0.15, -0.1) is 0 Å². The number of para-hydroxylation sites is 1. The first-order chi connectivity index (χ1) is 11.3. The van der Waals surface area contributed by atoms with E-state index in [1.807, 2.05) is 30.2 Å². The normalized spacial score (nSPS) is 18.7. The van der Waals surface area contributed by atoms with Gasteiger partial charge < -0.3 is 0 Å². The lowest BCUT2D eigenvalue weighted by Gasteiger charge is -2.15. The SMILES string of the molecule is Cn1cc(CN2CCC(Cc3cccc4cccnc34)C2)cn1. The van der Waals surface area contributed by atoms with Crippen LogP contribution in [0.5, 0.6) is 0 Å². The van der Waals surface area contributed by atoms with E-state index in [0.29, 0.717) is 0 Å². The Morgan fingerprint density at radius 2 is 2.13 bits per heavy atom. The summed E-state index contributed by atoms with van der Waals surface area (Å²) in [6.07, 6.45) is 8.38. The fourth-order valence-electron chi connectivity index (χ4n) is 3.68. The number of nitrogens with zero attached hydrogens (tertiary/aromatic N) is 4. The molecule has 3 aromatic rings. The van der Waals surface area contributed by atoms with Crippen molar-refractivity contribution in [1.82, 2.24) is 19.7 Å². The largest absolute Gasteiger partial charge is 0.299 e. The number of aryl methyl sites for hydroxylation is 1. The molecular formula is C19H22N4. The molecule has 0 radical (unpaired) electrons. The fraction of sp³-hybridized carbons (Fsp3) is 0.368. The summed E-state index contributed by atoms with van der Waals surface area (Å²) in [4.78, 5) is 7.13. The molecule has 1 aliphatic heterocycles. The molecule has 0 bridgehead atoms. The molecule has 1 unspecified atom stereocenters. The molecule has 3 heterocycles. The number of fused-ring (bicyclic) bond motifs is 1. The van der Waals surface area contributed by atoms with E-state index < -0.39 is 0 Å². The van der Waals surface area contributed by atoms with Gasteiger partial charge in [-0.1, -0.05) is 24.3 Å². The van der Waals surface area contributed by atoms with Crippen LogP contribution in [-0.2, 0) is 20.0 Å². The van der Waals surface area contributed by atoms with E-state index in [1.165, 1.54) is 35.0 Å². The molecule has 2 aromatic heterocycles. The predicted molar refractivity (Wildman–Crippen MR) is 92.0 cm³/mol. The molecule has 4 heteroatoms. The van der Waals surface area contributed by atoms with E-state index in [4.69, 9.17) is 0 Å². The van der Waals surface area contributed by atoms with Gasteiger partial charge in [-0.25, -0.2) is 0 Å². The van der Waals surface area contributed by atoms with Crippen LogP contribution in [0.3, 0.4) is 0 Å². The number of likely N-dealkylation sites (tertiary alicyclic amines) is 1. The minimum absolute atomic E-state index is 0.722. The van der Waals surface area contributed by atoms with E-state index in [0.717, 1.165) is 25.4 Å². The number of hydrogen-bond donors (Lipinski definition) is 0. The highest BCUT2D eigenvalue weighted by atomic mass is 15.2. The van der Waals surface area contributed by atoms with E-state index in [-0.39, 0.29) is 0 Å². The summed E-state index contributed by atoms with van der Waals surface area (Å²) >= 11 is 0. The molecule has 1 aliphatic rings. The lowest BCUT2D eigenvalue weighted by molar-refractivity contribution is 0.316. The first-order valence-electron chi connectivity index (χ1n) is 8.30. The Morgan fingerprint density at radius 1 is 1.22 bits per heavy atom. The number of aromatic nitrogens is 3. The van der Waals surface area contributed by atoms with Gasteiger partial charge in [-0.3, -0.25) is 14.6 Å². The molecule has 23 heavy (non-hydrogen) atoms. The van der Waals surface area contributed by atoms with E-state index in [1.54, 1.807) is 0 Å². The maximum Gasteiger partial charge on any atom is 0.0733 e. The van der Waals surface area contributed by atoms with Crippen LogP contribution in [0, 0.1) is 5.92 Å². The minimum Gasteiger partial charge on any atom is -0.299 e. The Hall–Kier alpha value is -2.20. The van der Waals surface area contributed by atoms with Gasteiger partial charge in [0.1, 0.15) is 0 Å². The number of pyridine rings is 1. The average molecular weight is 306 g/mol. The third kappa shape index (κ3) is 3.13. The highest BCUT2D eigenvalue weighted by molar-refractivity contribution is 5.81. The monoisotopic (exact) mass is 306 g/mol. The van der Waals surface area contributed by atoms with Crippen LogP contribution in [0.1, 0.15) is 17.5 Å². The number of benzene rings is 1. The van der Waals surface area contributed by atoms with Gasteiger partial charge in [0, 0.05) is 43.5 Å². The predicted octanol–water partition coefficient (Wildman–Crippen LogP) is 3.03. The van der Waals surface area contributed by atoms with Crippen LogP contribution >= 0.6 is 0 Å². The molecule has 0 aliphatic carbocycles. The summed E-state index contributed by atoms with van der Waals surface area (Å²) in [5.41, 5.74) is 3.86. The van der Waals surface area contributed by atoms with Crippen LogP contribution < -0.4 is 0 Å². The Balaban J connectivity index is 1.43. The van der Waals surface area contributed by atoms with Crippen LogP contribution in [0.15, 0.2) is 48.9 Å². The smallest absolute Gasteiger partial charge is 0.0733 e. The topological polar surface area (TPSA) is 34.0 Å². The molecule has 4 nitrogen and oxygen atoms in total. The molecular weight excluding hydrogens is 284 g/mol. The third-order valence-corrected chi connectivity index (χ3v) is 4.76. The van der Waals surface area contributed by atoms with Gasteiger partial charge in [0.25, 0.3) is 0 Å². The summed E-state index contributed by atoms with van der Waals surface area (Å²) in [5, 5.41) is 5.51. The second-order valence-electron chi connectivity index (χ2n) is 6.61. The van der Waals surface area contributed by atoms with Gasteiger partial charge in [-0.05, 0) is 36.9 Å². The van der Waals surface area contributed by atoms with Crippen LogP contribution in [0.4, 0.5) is 0 Å². The summed E-state index contributed by atoms with van der Waals surface area (Å²) in [6.45, 7) is 3.36. The van der Waals surface area contributed by atoms with Gasteiger partial charge in [0.2, 0.25) is 0 Å². The van der Waals surface area contributed by atoms with E-state index >= 15 is 0 Å². The van der Waals surface area contributed by atoms with Crippen molar-refractivity contribution in [2.75, 3.05) is 13.1 Å². The van der Waals surface area contributed by atoms with Crippen molar-refractivity contribution in [3.05, 3.63) is 60.0 Å². The lowest BCUT2D eigenvalue weighted by Crippen LogP contribution is -2.20. The summed E-state index contributed by atoms with van der Waals surface area (Å²) in [6, 6.07) is 10.7. The Kier molecular flexibility index (Phi) is 3.83. The summed E-state index contributed by atoms with van der Waals surface area (Å²) < 4.78 is 1.88. The van der Waals surface area contributed by atoms with Crippen molar-refractivity contribution in [2.45, 2.75) is 19.4 Å². The van der Waals surface area contributed by atoms with Crippen LogP contribution in [0.2, 0.25) is 0 Å². The molecule has 118 valence electrons. The molecule has 1 atom stereocenters. The highest BCUT2D eigenvalue weighted by Gasteiger charge is 2.23. The minimum atomic E-state index is 0.722. The summed E-state index contributed by atoms with van der Waals surface area (Å²) in [7, 11) is 1.98. The standard InChI is InChI=1S/C19H22N4/c1-22-12-16(11-21-22)14-23-9-7-15(13-23)10-18-5-2-4-17-6-3-8-20-19(17)18/h2-6,8,11-12,15H,7,9-10,13-14H2,1H3. The van der Waals surface area contributed by atoms with Crippen molar-refractivity contribution in [2.24, 2.45) is 13.0 Å². The summed E-state index contributed by atoms with van der Waals surface area (Å²) in [5.74, 6) is 0.722. The zero-order chi connectivity index (χ0) is 15.6. The van der Waals surface area contributed by atoms with Gasteiger partial charge >= 0.3 is 0 Å². The van der Waals surface area contributed by atoms with Crippen molar-refractivity contribution >= 4 is 10.9 Å². The van der Waals surface area contributed by atoms with Crippen LogP contribution in [0.25, 0.3) is 10.9 Å². The lowest BCUT2D eigenvalue weighted by atomic mass is 9.97. The van der Waals surface area contributed by atoms with Gasteiger partial charge in [0.05, 0.1) is 11.7 Å². The van der Waals surface area contributed by atoms with E-state index in [9.17, 15) is 0 Å². The average Bonchev–Trinajstić information content (AvgIpc) is 3.17. The molecule has 4 rings (SSSR count). The van der Waals surface area contributed by atoms with Crippen LogP contribution in [-0.4, -0.2) is 32.8 Å². The van der Waals surface area contributed by atoms with Crippen molar-refractivity contribution < 1.29 is 0 Å². The maximum atomic E-state index is 4.59. The van der Waals surface area contributed by atoms with Crippen molar-refractivity contribution in [3.8, 4) is 0 Å². The Morgan fingerprint density at radius 3 is 3.00 bits per heavy atom. The molecule has 1 aromatic carbocycles. The molecule has 1 saturated heterocycles. The molecule has 0 saturated carbocycles. The highest BCUT2D eigenvalue weighted by Crippen LogP contribution is 2.25. The van der Waals surface area contributed by atoms with E-state index in [2.05, 4.69) is 45.4 Å². The van der Waals surface area contributed by atoms with Gasteiger partial charge in [-0.2, -0.15) is 5.10 Å². The maximum absolute atomic E-state index is 4.59. The number of rotatable bonds is 4. The fourth-order valence-corrected chi connectivity index (χ4v) is 3.68. The second-order valence-corrected chi connectivity index (χ2v) is 6.61. The first-order valence-corrected chi connectivity index (χ1v) is 8.30. The molecule has 0 spiro atoms. The zero-order valence-corrected chi connectivity index (χ0v) is 13.5. The first kappa shape index (κ1) is 14.4.